The second-order valence-electron chi connectivity index (χ2n) is 11.0. The molecule has 3 aromatic carbocycles. The van der Waals surface area contributed by atoms with E-state index in [-0.39, 0.29) is 23.6 Å². The third-order valence-electron chi connectivity index (χ3n) is 7.95. The minimum Gasteiger partial charge on any atom is -0.352 e. The van der Waals surface area contributed by atoms with E-state index in [4.69, 9.17) is 9.47 Å². The van der Waals surface area contributed by atoms with Gasteiger partial charge in [0.1, 0.15) is 5.82 Å². The number of hydrogen-bond acceptors (Lipinski definition) is 2. The zero-order chi connectivity index (χ0) is 29.0. The molecule has 0 N–H and O–H groups in total. The normalized spacial score (nSPS) is 17.4. The molecule has 1 heterocycles. The third-order valence-corrected chi connectivity index (χ3v) is 7.95. The number of allylic oxidation sites excluding steroid dienone is 2. The van der Waals surface area contributed by atoms with Crippen LogP contribution in [0.4, 0.5) is 13.2 Å². The molecule has 0 saturated carbocycles. The van der Waals surface area contributed by atoms with Gasteiger partial charge in [0, 0.05) is 17.9 Å². The summed E-state index contributed by atoms with van der Waals surface area (Å²) in [6.45, 7) is 5.02. The molecule has 1 aliphatic rings. The number of ether oxygens (including phenoxy) is 2. The van der Waals surface area contributed by atoms with Crippen molar-refractivity contribution in [3.05, 3.63) is 95.3 Å². The molecule has 1 saturated heterocycles. The monoisotopic (exact) mass is 564 g/mol. The van der Waals surface area contributed by atoms with Crippen LogP contribution in [0, 0.1) is 17.5 Å². The van der Waals surface area contributed by atoms with Gasteiger partial charge < -0.3 is 9.47 Å². The first kappa shape index (κ1) is 31.1. The summed E-state index contributed by atoms with van der Waals surface area (Å²) in [6.07, 6.45) is 14.0. The van der Waals surface area contributed by atoms with Gasteiger partial charge in [-0.05, 0) is 60.1 Å². The van der Waals surface area contributed by atoms with Crippen LogP contribution in [-0.4, -0.2) is 19.5 Å². The number of unbranched alkanes of at least 4 members (excludes halogenated alkanes) is 6. The number of aryl methyl sites for hydroxylation is 1. The molecule has 1 fully saturated rings. The minimum atomic E-state index is -0.811. The third kappa shape index (κ3) is 8.56. The molecular weight excluding hydrogens is 521 g/mol. The highest BCUT2D eigenvalue weighted by Crippen LogP contribution is 2.32. The van der Waals surface area contributed by atoms with Gasteiger partial charge in [0.15, 0.2) is 17.9 Å². The average Bonchev–Trinajstić information content (AvgIpc) is 2.99. The molecule has 41 heavy (non-hydrogen) atoms. The summed E-state index contributed by atoms with van der Waals surface area (Å²) in [5, 5.41) is 0. The predicted octanol–water partition coefficient (Wildman–Crippen LogP) is 10.5. The maximum atomic E-state index is 15.1. The van der Waals surface area contributed by atoms with Gasteiger partial charge in [-0.3, -0.25) is 0 Å². The lowest BCUT2D eigenvalue weighted by Crippen LogP contribution is -2.31. The lowest BCUT2D eigenvalue weighted by molar-refractivity contribution is -0.189. The Labute approximate surface area is 243 Å². The highest BCUT2D eigenvalue weighted by molar-refractivity contribution is 5.71. The summed E-state index contributed by atoms with van der Waals surface area (Å²) in [4.78, 5) is 0. The van der Waals surface area contributed by atoms with Crippen LogP contribution in [0.1, 0.15) is 88.7 Å². The Bertz CT molecular complexity index is 1260. The van der Waals surface area contributed by atoms with E-state index in [1.807, 2.05) is 31.2 Å². The molecule has 0 unspecified atom stereocenters. The lowest BCUT2D eigenvalue weighted by atomic mass is 9.94. The van der Waals surface area contributed by atoms with Gasteiger partial charge in [-0.25, -0.2) is 13.2 Å². The lowest BCUT2D eigenvalue weighted by Gasteiger charge is -2.29. The molecule has 5 heteroatoms. The second kappa shape index (κ2) is 15.9. The van der Waals surface area contributed by atoms with Crippen LogP contribution in [0.2, 0.25) is 0 Å². The molecule has 0 aromatic heterocycles. The van der Waals surface area contributed by atoms with Crippen LogP contribution in [0.5, 0.6) is 0 Å². The van der Waals surface area contributed by atoms with E-state index < -0.39 is 11.6 Å². The zero-order valence-corrected chi connectivity index (χ0v) is 24.4. The molecule has 0 aliphatic carbocycles. The summed E-state index contributed by atoms with van der Waals surface area (Å²) in [6, 6.07) is 15.7. The number of rotatable bonds is 14. The van der Waals surface area contributed by atoms with Crippen LogP contribution in [0.15, 0.2) is 66.7 Å². The van der Waals surface area contributed by atoms with Crippen molar-refractivity contribution in [1.29, 1.82) is 0 Å². The fraction of sp³-hybridized carbons (Fsp3) is 0.444. The summed E-state index contributed by atoms with van der Waals surface area (Å²) in [5.41, 5.74) is 3.36. The molecule has 4 rings (SSSR count). The second-order valence-corrected chi connectivity index (χ2v) is 11.0. The van der Waals surface area contributed by atoms with E-state index in [9.17, 15) is 4.39 Å². The van der Waals surface area contributed by atoms with E-state index in [1.54, 1.807) is 30.3 Å². The summed E-state index contributed by atoms with van der Waals surface area (Å²) in [7, 11) is 0. The Hall–Kier alpha value is -2.89. The molecular formula is C36H43F3O2. The van der Waals surface area contributed by atoms with Crippen molar-refractivity contribution in [1.82, 2.24) is 0 Å². The van der Waals surface area contributed by atoms with Gasteiger partial charge in [0.05, 0.1) is 13.2 Å². The molecule has 0 radical (unpaired) electrons. The molecule has 3 aromatic rings. The highest BCUT2D eigenvalue weighted by atomic mass is 19.2. The van der Waals surface area contributed by atoms with Crippen molar-refractivity contribution in [3.63, 3.8) is 0 Å². The van der Waals surface area contributed by atoms with Gasteiger partial charge in [-0.15, -0.1) is 0 Å². The number of benzene rings is 3. The Balaban J connectivity index is 1.35. The topological polar surface area (TPSA) is 18.5 Å². The minimum absolute atomic E-state index is 0.156. The molecule has 220 valence electrons. The summed E-state index contributed by atoms with van der Waals surface area (Å²) in [5.74, 6) is -2.03. The number of hydrogen-bond donors (Lipinski definition) is 0. The van der Waals surface area contributed by atoms with Crippen molar-refractivity contribution in [2.45, 2.75) is 90.3 Å². The van der Waals surface area contributed by atoms with Crippen LogP contribution in [0.3, 0.4) is 0 Å². The van der Waals surface area contributed by atoms with Crippen LogP contribution in [0.25, 0.3) is 22.3 Å². The smallest absolute Gasteiger partial charge is 0.166 e. The molecule has 0 bridgehead atoms. The molecule has 0 spiro atoms. The summed E-state index contributed by atoms with van der Waals surface area (Å²) >= 11 is 0. The Morgan fingerprint density at radius 2 is 1.41 bits per heavy atom. The fourth-order valence-corrected chi connectivity index (χ4v) is 5.45. The van der Waals surface area contributed by atoms with E-state index in [0.717, 1.165) is 43.2 Å². The van der Waals surface area contributed by atoms with E-state index in [0.29, 0.717) is 36.3 Å². The van der Waals surface area contributed by atoms with Crippen molar-refractivity contribution in [2.24, 2.45) is 0 Å². The first-order valence-corrected chi connectivity index (χ1v) is 15.2. The van der Waals surface area contributed by atoms with Crippen molar-refractivity contribution >= 4 is 0 Å². The maximum Gasteiger partial charge on any atom is 0.166 e. The fourth-order valence-electron chi connectivity index (χ4n) is 5.45. The summed E-state index contributed by atoms with van der Waals surface area (Å²) < 4.78 is 56.6. The van der Waals surface area contributed by atoms with Gasteiger partial charge in [-0.1, -0.05) is 106 Å². The van der Waals surface area contributed by atoms with Gasteiger partial charge in [0.2, 0.25) is 0 Å². The van der Waals surface area contributed by atoms with Gasteiger partial charge in [-0.2, -0.15) is 0 Å². The Morgan fingerprint density at radius 3 is 2.10 bits per heavy atom. The predicted molar refractivity (Wildman–Crippen MR) is 161 cm³/mol. The SMILES string of the molecule is CC=CCCC1OCC(c2ccc(-c3ccc(-c4ccc(CCCCCCCCC)c(F)c4F)cc3)cc2F)CO1. The molecule has 1 aliphatic heterocycles. The molecule has 0 amide bonds. The first-order valence-electron chi connectivity index (χ1n) is 15.2. The Kier molecular flexibility index (Phi) is 12.1. The van der Waals surface area contributed by atoms with Gasteiger partial charge in [0.25, 0.3) is 0 Å². The molecule has 2 nitrogen and oxygen atoms in total. The van der Waals surface area contributed by atoms with Crippen LogP contribution >= 0.6 is 0 Å². The van der Waals surface area contributed by atoms with Crippen LogP contribution in [-0.2, 0) is 15.9 Å². The van der Waals surface area contributed by atoms with Crippen molar-refractivity contribution in [3.8, 4) is 22.3 Å². The average molecular weight is 565 g/mol. The van der Waals surface area contributed by atoms with Gasteiger partial charge >= 0.3 is 0 Å². The van der Waals surface area contributed by atoms with Crippen LogP contribution < -0.4 is 0 Å². The number of halogens is 3. The highest BCUT2D eigenvalue weighted by Gasteiger charge is 2.25. The largest absolute Gasteiger partial charge is 0.352 e. The van der Waals surface area contributed by atoms with E-state index >= 15 is 8.78 Å². The first-order chi connectivity index (χ1) is 20.0. The Morgan fingerprint density at radius 1 is 0.756 bits per heavy atom. The quantitative estimate of drug-likeness (QED) is 0.143. The van der Waals surface area contributed by atoms with E-state index in [1.165, 1.54) is 31.7 Å². The van der Waals surface area contributed by atoms with E-state index in [2.05, 4.69) is 13.0 Å². The zero-order valence-electron chi connectivity index (χ0n) is 24.4. The van der Waals surface area contributed by atoms with Crippen molar-refractivity contribution in [2.75, 3.05) is 13.2 Å². The molecule has 0 atom stereocenters. The van der Waals surface area contributed by atoms with Crippen molar-refractivity contribution < 1.29 is 22.6 Å². The standard InChI is InChI=1S/C36H43F3O2/c1-3-5-7-8-9-10-12-13-28-19-22-32(36(39)35(28)38)27-17-15-26(16-18-27)29-20-21-31(33(37)23-29)30-24-40-34(41-25-30)14-11-6-4-2/h4,6,15-23,30,34H,3,5,7-14,24-25H2,1-2H3. The maximum absolute atomic E-state index is 15.1.